The van der Waals surface area contributed by atoms with Crippen LogP contribution in [0.5, 0.6) is 0 Å². The minimum Gasteiger partial charge on any atom is -0.402 e. The molecule has 4 heteroatoms. The van der Waals surface area contributed by atoms with Crippen molar-refractivity contribution in [1.82, 2.24) is 0 Å². The third-order valence-electron chi connectivity index (χ3n) is 3.84. The minimum atomic E-state index is -0.582. The predicted octanol–water partition coefficient (Wildman–Crippen LogP) is 4.32. The number of ether oxygens (including phenoxy) is 1. The van der Waals surface area contributed by atoms with Gasteiger partial charge in [0.1, 0.15) is 5.82 Å². The van der Waals surface area contributed by atoms with Crippen LogP contribution in [0.2, 0.25) is 0 Å². The molecule has 0 N–H and O–H groups in total. The Morgan fingerprint density at radius 2 is 1.67 bits per heavy atom. The first-order valence-corrected chi connectivity index (χ1v) is 7.47. The van der Waals surface area contributed by atoms with Crippen LogP contribution in [0.3, 0.4) is 0 Å². The van der Waals surface area contributed by atoms with Crippen molar-refractivity contribution in [3.05, 3.63) is 89.4 Å². The third-order valence-corrected chi connectivity index (χ3v) is 3.84. The van der Waals surface area contributed by atoms with E-state index in [1.807, 2.05) is 42.5 Å². The number of hydrogen-bond acceptors (Lipinski definition) is 3. The van der Waals surface area contributed by atoms with Crippen molar-refractivity contribution in [3.8, 4) is 0 Å². The summed E-state index contributed by atoms with van der Waals surface area (Å²) in [4.78, 5) is 16.3. The van der Waals surface area contributed by atoms with Gasteiger partial charge in [-0.1, -0.05) is 54.6 Å². The molecule has 4 rings (SSSR count). The molecule has 0 radical (unpaired) electrons. The second-order valence-corrected chi connectivity index (χ2v) is 5.38. The van der Waals surface area contributed by atoms with Gasteiger partial charge in [-0.2, -0.15) is 0 Å². The van der Waals surface area contributed by atoms with Crippen molar-refractivity contribution >= 4 is 28.7 Å². The average molecular weight is 317 g/mol. The molecule has 0 aliphatic carbocycles. The van der Waals surface area contributed by atoms with E-state index in [4.69, 9.17) is 4.74 Å². The number of halogens is 1. The summed E-state index contributed by atoms with van der Waals surface area (Å²) in [6, 6.07) is 19.8. The van der Waals surface area contributed by atoms with Crippen LogP contribution in [0.1, 0.15) is 11.1 Å². The van der Waals surface area contributed by atoms with Crippen LogP contribution in [0.25, 0.3) is 16.8 Å². The van der Waals surface area contributed by atoms with Crippen molar-refractivity contribution in [3.63, 3.8) is 0 Å². The van der Waals surface area contributed by atoms with Gasteiger partial charge < -0.3 is 4.74 Å². The Balaban J connectivity index is 1.80. The van der Waals surface area contributed by atoms with Crippen LogP contribution < -0.4 is 0 Å². The van der Waals surface area contributed by atoms with Gasteiger partial charge in [0, 0.05) is 0 Å². The highest BCUT2D eigenvalue weighted by atomic mass is 19.1. The Morgan fingerprint density at radius 3 is 2.54 bits per heavy atom. The van der Waals surface area contributed by atoms with Crippen LogP contribution >= 0.6 is 0 Å². The summed E-state index contributed by atoms with van der Waals surface area (Å²) < 4.78 is 19.0. The average Bonchev–Trinajstić information content (AvgIpc) is 2.96. The number of esters is 1. The number of cyclic esters (lactones) is 1. The zero-order chi connectivity index (χ0) is 16.5. The smallest absolute Gasteiger partial charge is 0.363 e. The fourth-order valence-electron chi connectivity index (χ4n) is 2.68. The maximum Gasteiger partial charge on any atom is 0.363 e. The Hall–Kier alpha value is -3.27. The Bertz CT molecular complexity index is 1020. The molecule has 0 unspecified atom stereocenters. The van der Waals surface area contributed by atoms with Gasteiger partial charge in [0.15, 0.2) is 5.70 Å². The molecule has 0 saturated heterocycles. The number of hydrogen-bond donors (Lipinski definition) is 0. The van der Waals surface area contributed by atoms with E-state index in [1.54, 1.807) is 18.2 Å². The summed E-state index contributed by atoms with van der Waals surface area (Å²) in [5.41, 5.74) is 1.19. The fourth-order valence-corrected chi connectivity index (χ4v) is 2.68. The Labute approximate surface area is 137 Å². The van der Waals surface area contributed by atoms with Crippen LogP contribution in [0.15, 0.2) is 77.4 Å². The van der Waals surface area contributed by atoms with E-state index < -0.39 is 11.8 Å². The third kappa shape index (κ3) is 2.48. The fraction of sp³-hybridized carbons (Fsp3) is 0. The predicted molar refractivity (Wildman–Crippen MR) is 91.0 cm³/mol. The molecule has 116 valence electrons. The molecule has 0 amide bonds. The lowest BCUT2D eigenvalue weighted by Crippen LogP contribution is -2.07. The SMILES string of the molecule is O=C1OC(c2ccccc2F)=NC1=Cc1cccc2ccccc12. The number of carbonyl (C=O) groups is 1. The largest absolute Gasteiger partial charge is 0.402 e. The molecule has 1 aliphatic rings. The first-order chi connectivity index (χ1) is 11.7. The molecule has 3 aromatic rings. The molecule has 0 fully saturated rings. The minimum absolute atomic E-state index is 0.00964. The summed E-state index contributed by atoms with van der Waals surface area (Å²) in [7, 11) is 0. The lowest BCUT2D eigenvalue weighted by molar-refractivity contribution is -0.129. The van der Waals surface area contributed by atoms with Crippen LogP contribution in [0.4, 0.5) is 4.39 Å². The molecule has 0 aromatic heterocycles. The highest BCUT2D eigenvalue weighted by Crippen LogP contribution is 2.24. The van der Waals surface area contributed by atoms with Gasteiger partial charge in [-0.25, -0.2) is 14.2 Å². The van der Waals surface area contributed by atoms with Crippen molar-refractivity contribution in [2.75, 3.05) is 0 Å². The molecule has 3 nitrogen and oxygen atoms in total. The number of carbonyl (C=O) groups excluding carboxylic acids is 1. The molecule has 0 saturated carbocycles. The number of rotatable bonds is 2. The Morgan fingerprint density at radius 1 is 0.917 bits per heavy atom. The topological polar surface area (TPSA) is 38.7 Å². The normalized spacial score (nSPS) is 15.6. The first kappa shape index (κ1) is 14.3. The summed E-state index contributed by atoms with van der Waals surface area (Å²) in [6.45, 7) is 0. The van der Waals surface area contributed by atoms with Gasteiger partial charge in [0.05, 0.1) is 5.56 Å². The number of aliphatic imine (C=N–C) groups is 1. The van der Waals surface area contributed by atoms with E-state index in [9.17, 15) is 9.18 Å². The van der Waals surface area contributed by atoms with E-state index in [0.717, 1.165) is 16.3 Å². The zero-order valence-electron chi connectivity index (χ0n) is 12.6. The molecular formula is C20H12FNO2. The van der Waals surface area contributed by atoms with Crippen LogP contribution in [-0.4, -0.2) is 11.9 Å². The second-order valence-electron chi connectivity index (χ2n) is 5.38. The van der Waals surface area contributed by atoms with Crippen LogP contribution in [0, 0.1) is 5.82 Å². The van der Waals surface area contributed by atoms with E-state index >= 15 is 0 Å². The van der Waals surface area contributed by atoms with E-state index in [0.29, 0.717) is 0 Å². The van der Waals surface area contributed by atoms with E-state index in [-0.39, 0.29) is 17.2 Å². The number of nitrogens with zero attached hydrogens (tertiary/aromatic N) is 1. The molecular weight excluding hydrogens is 305 g/mol. The monoisotopic (exact) mass is 317 g/mol. The lowest BCUT2D eigenvalue weighted by Gasteiger charge is -2.01. The van der Waals surface area contributed by atoms with Crippen LogP contribution in [-0.2, 0) is 9.53 Å². The van der Waals surface area contributed by atoms with Gasteiger partial charge in [-0.3, -0.25) is 0 Å². The molecule has 1 heterocycles. The van der Waals surface area contributed by atoms with Gasteiger partial charge >= 0.3 is 5.97 Å². The maximum absolute atomic E-state index is 13.8. The zero-order valence-corrected chi connectivity index (χ0v) is 12.6. The molecule has 3 aromatic carbocycles. The second kappa shape index (κ2) is 5.74. The number of benzene rings is 3. The lowest BCUT2D eigenvalue weighted by atomic mass is 10.0. The van der Waals surface area contributed by atoms with Crippen molar-refractivity contribution < 1.29 is 13.9 Å². The molecule has 0 atom stereocenters. The van der Waals surface area contributed by atoms with Gasteiger partial charge in [-0.05, 0) is 34.5 Å². The molecule has 0 spiro atoms. The van der Waals surface area contributed by atoms with Crippen molar-refractivity contribution in [1.29, 1.82) is 0 Å². The molecule has 24 heavy (non-hydrogen) atoms. The van der Waals surface area contributed by atoms with Gasteiger partial charge in [0.2, 0.25) is 5.90 Å². The summed E-state index contributed by atoms with van der Waals surface area (Å²) in [6.07, 6.45) is 1.67. The summed E-state index contributed by atoms with van der Waals surface area (Å²) >= 11 is 0. The first-order valence-electron chi connectivity index (χ1n) is 7.47. The highest BCUT2D eigenvalue weighted by molar-refractivity contribution is 6.13. The molecule has 0 bridgehead atoms. The standard InChI is InChI=1S/C20H12FNO2/c21-17-11-4-3-10-16(17)19-22-18(20(23)24-19)12-14-8-5-7-13-6-1-2-9-15(13)14/h1-12H. The quantitative estimate of drug-likeness (QED) is 0.521. The van der Waals surface area contributed by atoms with E-state index in [2.05, 4.69) is 4.99 Å². The highest BCUT2D eigenvalue weighted by Gasteiger charge is 2.25. The van der Waals surface area contributed by atoms with Crippen molar-refractivity contribution in [2.24, 2.45) is 4.99 Å². The maximum atomic E-state index is 13.8. The van der Waals surface area contributed by atoms with E-state index in [1.165, 1.54) is 12.1 Å². The van der Waals surface area contributed by atoms with Gasteiger partial charge in [-0.15, -0.1) is 0 Å². The summed E-state index contributed by atoms with van der Waals surface area (Å²) in [5.74, 6) is -1.07. The Kier molecular flexibility index (Phi) is 3.43. The number of fused-ring (bicyclic) bond motifs is 1. The molecule has 1 aliphatic heterocycles. The van der Waals surface area contributed by atoms with Gasteiger partial charge in [0.25, 0.3) is 0 Å². The summed E-state index contributed by atoms with van der Waals surface area (Å²) in [5, 5.41) is 2.08. The van der Waals surface area contributed by atoms with Crippen molar-refractivity contribution in [2.45, 2.75) is 0 Å².